The molecule has 1 heterocycles. The second-order valence-electron chi connectivity index (χ2n) is 10.6. The van der Waals surface area contributed by atoms with Crippen LogP contribution in [0.3, 0.4) is 0 Å². The molecule has 7 nitrogen and oxygen atoms in total. The molecule has 6 atom stereocenters. The summed E-state index contributed by atoms with van der Waals surface area (Å²) >= 11 is 0. The third kappa shape index (κ3) is 8.46. The Bertz CT molecular complexity index is 1140. The molecule has 40 heavy (non-hydrogen) atoms. The predicted molar refractivity (Wildman–Crippen MR) is 153 cm³/mol. The fourth-order valence-electron chi connectivity index (χ4n) is 4.97. The average molecular weight is 548 g/mol. The molecule has 3 aromatic carbocycles. The van der Waals surface area contributed by atoms with Gasteiger partial charge in [0.1, 0.15) is 24.4 Å². The molecule has 7 heteroatoms. The number of rotatable bonds is 13. The summed E-state index contributed by atoms with van der Waals surface area (Å²) in [5, 5.41) is 14.3. The normalized spacial score (nSPS) is 23.6. The van der Waals surface area contributed by atoms with Gasteiger partial charge in [-0.15, -0.1) is 0 Å². The Morgan fingerprint density at radius 3 is 1.75 bits per heavy atom. The van der Waals surface area contributed by atoms with Crippen molar-refractivity contribution < 1.29 is 28.8 Å². The molecular formula is C33H41NO6. The zero-order valence-corrected chi connectivity index (χ0v) is 23.5. The molecule has 1 fully saturated rings. The molecule has 0 saturated carbocycles. The van der Waals surface area contributed by atoms with Crippen molar-refractivity contribution in [2.45, 2.75) is 77.2 Å². The zero-order chi connectivity index (χ0) is 28.3. The third-order valence-corrected chi connectivity index (χ3v) is 7.08. The molecule has 0 bridgehead atoms. The van der Waals surface area contributed by atoms with Crippen LogP contribution in [0, 0.1) is 5.92 Å². The monoisotopic (exact) mass is 547 g/mol. The molecule has 1 saturated heterocycles. The van der Waals surface area contributed by atoms with Crippen LogP contribution in [0.25, 0.3) is 0 Å². The molecule has 0 aliphatic carbocycles. The largest absolute Gasteiger partial charge is 0.390 e. The van der Waals surface area contributed by atoms with Crippen molar-refractivity contribution in [3.63, 3.8) is 0 Å². The summed E-state index contributed by atoms with van der Waals surface area (Å²) < 4.78 is 25.8. The van der Waals surface area contributed by atoms with Gasteiger partial charge in [-0.1, -0.05) is 105 Å². The lowest BCUT2D eigenvalue weighted by atomic mass is 9.86. The third-order valence-electron chi connectivity index (χ3n) is 7.08. The minimum atomic E-state index is -0.841. The molecule has 2 N–H and O–H groups in total. The summed E-state index contributed by atoms with van der Waals surface area (Å²) in [6.07, 6.45) is -3.29. The topological polar surface area (TPSA) is 86.3 Å². The molecule has 214 valence electrons. The molecule has 1 aliphatic heterocycles. The van der Waals surface area contributed by atoms with Crippen LogP contribution in [-0.2, 0) is 43.6 Å². The van der Waals surface area contributed by atoms with Crippen LogP contribution < -0.4 is 5.32 Å². The maximum Gasteiger partial charge on any atom is 0.217 e. The maximum absolute atomic E-state index is 12.4. The van der Waals surface area contributed by atoms with E-state index in [-0.39, 0.29) is 18.4 Å². The van der Waals surface area contributed by atoms with Crippen LogP contribution in [0.15, 0.2) is 91.0 Å². The smallest absolute Gasteiger partial charge is 0.217 e. The SMILES string of the molecule is CC(=O)N[C@@H]1[C@@H](OCc2ccccc2)[C@H](OCc2ccccc2)[C@@H](COCc2ccccc2)O[C@@H]1C(O)C(C)C. The summed E-state index contributed by atoms with van der Waals surface area (Å²) in [7, 11) is 0. The second kappa shape index (κ2) is 15.1. The summed E-state index contributed by atoms with van der Waals surface area (Å²) in [6, 6.07) is 29.1. The fourth-order valence-corrected chi connectivity index (χ4v) is 4.97. The van der Waals surface area contributed by atoms with Gasteiger partial charge in [0, 0.05) is 6.92 Å². The Morgan fingerprint density at radius 2 is 1.27 bits per heavy atom. The second-order valence-corrected chi connectivity index (χ2v) is 10.6. The first kappa shape index (κ1) is 29.9. The highest BCUT2D eigenvalue weighted by Gasteiger charge is 2.50. The van der Waals surface area contributed by atoms with Gasteiger partial charge in [0.2, 0.25) is 5.91 Å². The first-order valence-corrected chi connectivity index (χ1v) is 14.0. The van der Waals surface area contributed by atoms with Crippen molar-refractivity contribution in [1.82, 2.24) is 5.32 Å². The molecule has 0 spiro atoms. The highest BCUT2D eigenvalue weighted by molar-refractivity contribution is 5.73. The Balaban J connectivity index is 1.63. The fraction of sp³-hybridized carbons (Fsp3) is 0.424. The van der Waals surface area contributed by atoms with E-state index < -0.39 is 36.6 Å². The van der Waals surface area contributed by atoms with Gasteiger partial charge in [0.05, 0.1) is 38.6 Å². The van der Waals surface area contributed by atoms with E-state index in [1.54, 1.807) is 0 Å². The van der Waals surface area contributed by atoms with E-state index in [0.717, 1.165) is 16.7 Å². The molecule has 1 amide bonds. The summed E-state index contributed by atoms with van der Waals surface area (Å²) in [4.78, 5) is 12.4. The number of carbonyl (C=O) groups is 1. The number of aliphatic hydroxyl groups is 1. The number of carbonyl (C=O) groups excluding carboxylic acids is 1. The minimum absolute atomic E-state index is 0.108. The Kier molecular flexibility index (Phi) is 11.3. The predicted octanol–water partition coefficient (Wildman–Crippen LogP) is 4.66. The molecule has 4 rings (SSSR count). The highest BCUT2D eigenvalue weighted by Crippen LogP contribution is 2.31. The average Bonchev–Trinajstić information content (AvgIpc) is 2.97. The van der Waals surface area contributed by atoms with Crippen LogP contribution in [0.2, 0.25) is 0 Å². The maximum atomic E-state index is 12.4. The van der Waals surface area contributed by atoms with Gasteiger partial charge in [0.25, 0.3) is 0 Å². The van der Waals surface area contributed by atoms with Crippen molar-refractivity contribution in [2.75, 3.05) is 6.61 Å². The van der Waals surface area contributed by atoms with Gasteiger partial charge < -0.3 is 29.4 Å². The van der Waals surface area contributed by atoms with Crippen molar-refractivity contribution >= 4 is 5.91 Å². The van der Waals surface area contributed by atoms with Gasteiger partial charge in [-0.05, 0) is 22.6 Å². The van der Waals surface area contributed by atoms with E-state index in [2.05, 4.69) is 5.32 Å². The number of nitrogens with one attached hydrogen (secondary N) is 1. The standard InChI is InChI=1S/C33H41NO6/c1-23(2)30(36)32-29(34-24(3)35)33(39-21-27-17-11-6-12-18-27)31(38-20-26-15-9-5-10-16-26)28(40-32)22-37-19-25-13-7-4-8-14-25/h4-18,23,28-33,36H,19-22H2,1-3H3,(H,34,35)/t28-,29+,30?,31-,32+,33-/m1/s1. The number of hydrogen-bond acceptors (Lipinski definition) is 6. The van der Waals surface area contributed by atoms with Gasteiger partial charge >= 0.3 is 0 Å². The van der Waals surface area contributed by atoms with Crippen molar-refractivity contribution in [3.05, 3.63) is 108 Å². The van der Waals surface area contributed by atoms with E-state index in [9.17, 15) is 9.90 Å². The molecule has 0 radical (unpaired) electrons. The minimum Gasteiger partial charge on any atom is -0.390 e. The first-order chi connectivity index (χ1) is 19.4. The number of benzene rings is 3. The molecule has 1 aliphatic rings. The number of amides is 1. The van der Waals surface area contributed by atoms with Gasteiger partial charge in [-0.2, -0.15) is 0 Å². The van der Waals surface area contributed by atoms with Crippen LogP contribution in [-0.4, -0.2) is 54.2 Å². The van der Waals surface area contributed by atoms with Crippen molar-refractivity contribution in [1.29, 1.82) is 0 Å². The summed E-state index contributed by atoms with van der Waals surface area (Å²) in [5.41, 5.74) is 3.05. The van der Waals surface area contributed by atoms with Crippen LogP contribution in [0.1, 0.15) is 37.5 Å². The summed E-state index contributed by atoms with van der Waals surface area (Å²) in [6.45, 7) is 6.60. The first-order valence-electron chi connectivity index (χ1n) is 14.0. The summed E-state index contributed by atoms with van der Waals surface area (Å²) in [5.74, 6) is -0.341. The number of ether oxygens (including phenoxy) is 4. The lowest BCUT2D eigenvalue weighted by molar-refractivity contribution is -0.250. The van der Waals surface area contributed by atoms with Crippen molar-refractivity contribution in [3.8, 4) is 0 Å². The quantitative estimate of drug-likeness (QED) is 0.324. The van der Waals surface area contributed by atoms with E-state index >= 15 is 0 Å². The lowest BCUT2D eigenvalue weighted by Gasteiger charge is -2.48. The van der Waals surface area contributed by atoms with E-state index in [1.807, 2.05) is 105 Å². The molecule has 3 aromatic rings. The number of hydrogen-bond donors (Lipinski definition) is 2. The van der Waals surface area contributed by atoms with Crippen molar-refractivity contribution in [2.24, 2.45) is 5.92 Å². The van der Waals surface area contributed by atoms with Gasteiger partial charge in [0.15, 0.2) is 0 Å². The Morgan fingerprint density at radius 1 is 0.800 bits per heavy atom. The van der Waals surface area contributed by atoms with Gasteiger partial charge in [-0.3, -0.25) is 4.79 Å². The molecular weight excluding hydrogens is 506 g/mol. The van der Waals surface area contributed by atoms with E-state index in [4.69, 9.17) is 18.9 Å². The van der Waals surface area contributed by atoms with E-state index in [1.165, 1.54) is 6.92 Å². The van der Waals surface area contributed by atoms with Crippen LogP contribution in [0.5, 0.6) is 0 Å². The highest BCUT2D eigenvalue weighted by atomic mass is 16.6. The Labute approximate surface area is 237 Å². The number of aliphatic hydroxyl groups excluding tert-OH is 1. The molecule has 1 unspecified atom stereocenters. The van der Waals surface area contributed by atoms with E-state index in [0.29, 0.717) is 19.8 Å². The van der Waals surface area contributed by atoms with Gasteiger partial charge in [-0.25, -0.2) is 0 Å². The zero-order valence-electron chi connectivity index (χ0n) is 23.5. The Hall–Kier alpha value is -3.07. The molecule has 0 aromatic heterocycles. The van der Waals surface area contributed by atoms with Crippen LogP contribution in [0.4, 0.5) is 0 Å². The lowest BCUT2D eigenvalue weighted by Crippen LogP contribution is -2.68. The van der Waals surface area contributed by atoms with Crippen LogP contribution >= 0.6 is 0 Å².